The fraction of sp³-hybridized carbons (Fsp3) is 0.208. The fourth-order valence-corrected chi connectivity index (χ4v) is 2.98. The zero-order valence-electron chi connectivity index (χ0n) is 16.2. The van der Waals surface area contributed by atoms with E-state index in [1.807, 2.05) is 85.8 Å². The van der Waals surface area contributed by atoms with Crippen LogP contribution in [0.15, 0.2) is 78.9 Å². The summed E-state index contributed by atoms with van der Waals surface area (Å²) >= 11 is 0. The van der Waals surface area contributed by atoms with Crippen molar-refractivity contribution in [2.45, 2.75) is 26.0 Å². The monoisotopic (exact) mass is 375 g/mol. The molecule has 0 saturated heterocycles. The molecule has 0 aromatic heterocycles. The summed E-state index contributed by atoms with van der Waals surface area (Å²) in [6, 6.07) is 25.4. The van der Waals surface area contributed by atoms with E-state index in [4.69, 9.17) is 9.47 Å². The molecule has 3 aromatic rings. The molecule has 0 radical (unpaired) electrons. The average Bonchev–Trinajstić information content (AvgIpc) is 2.74. The Balaban J connectivity index is 1.60. The highest BCUT2D eigenvalue weighted by Gasteiger charge is 2.12. The molecule has 0 saturated carbocycles. The molecule has 0 spiro atoms. The first kappa shape index (κ1) is 19.5. The molecule has 4 heteroatoms. The van der Waals surface area contributed by atoms with E-state index in [9.17, 15) is 4.79 Å². The number of methoxy groups -OCH3 is 1. The molecule has 0 bridgehead atoms. The maximum absolute atomic E-state index is 12.4. The van der Waals surface area contributed by atoms with Crippen molar-refractivity contribution < 1.29 is 14.3 Å². The van der Waals surface area contributed by atoms with Gasteiger partial charge in [-0.15, -0.1) is 0 Å². The Morgan fingerprint density at radius 3 is 2.25 bits per heavy atom. The molecule has 0 aliphatic carbocycles. The summed E-state index contributed by atoms with van der Waals surface area (Å²) in [6.07, 6.45) is 0.284. The second-order valence-electron chi connectivity index (χ2n) is 6.64. The molecule has 144 valence electrons. The molecule has 0 aliphatic heterocycles. The zero-order chi connectivity index (χ0) is 19.8. The van der Waals surface area contributed by atoms with Gasteiger partial charge in [0, 0.05) is 0 Å². The number of carbonyl (C=O) groups is 1. The Bertz CT molecular complexity index is 894. The molecule has 28 heavy (non-hydrogen) atoms. The van der Waals surface area contributed by atoms with Crippen LogP contribution in [-0.4, -0.2) is 13.0 Å². The quantitative estimate of drug-likeness (QED) is 0.621. The van der Waals surface area contributed by atoms with Gasteiger partial charge in [-0.1, -0.05) is 66.7 Å². The minimum atomic E-state index is -0.0379. The molecule has 0 fully saturated rings. The van der Waals surface area contributed by atoms with Crippen LogP contribution in [0.3, 0.4) is 0 Å². The molecule has 3 rings (SSSR count). The molecule has 0 aliphatic rings. The van der Waals surface area contributed by atoms with Gasteiger partial charge in [0.2, 0.25) is 5.91 Å². The molecule has 0 heterocycles. The first-order chi connectivity index (χ1) is 13.7. The van der Waals surface area contributed by atoms with Crippen molar-refractivity contribution in [3.05, 3.63) is 95.6 Å². The van der Waals surface area contributed by atoms with E-state index in [1.165, 1.54) is 0 Å². The van der Waals surface area contributed by atoms with Crippen LogP contribution in [0, 0.1) is 0 Å². The smallest absolute Gasteiger partial charge is 0.224 e. The highest BCUT2D eigenvalue weighted by molar-refractivity contribution is 5.79. The number of amides is 1. The summed E-state index contributed by atoms with van der Waals surface area (Å²) in [6.45, 7) is 2.44. The van der Waals surface area contributed by atoms with Gasteiger partial charge >= 0.3 is 0 Å². The van der Waals surface area contributed by atoms with E-state index in [1.54, 1.807) is 7.11 Å². The molecular formula is C24H25NO3. The van der Waals surface area contributed by atoms with Crippen LogP contribution in [0.5, 0.6) is 11.5 Å². The normalized spacial score (nSPS) is 11.5. The maximum Gasteiger partial charge on any atom is 0.224 e. The SMILES string of the molecule is COc1cc(CC(=O)N[C@H](C)c2ccccc2)ccc1OCc1ccccc1. The fourth-order valence-electron chi connectivity index (χ4n) is 2.98. The minimum Gasteiger partial charge on any atom is -0.493 e. The Hall–Kier alpha value is -3.27. The number of hydrogen-bond donors (Lipinski definition) is 1. The summed E-state index contributed by atoms with van der Waals surface area (Å²) in [5.74, 6) is 1.25. The zero-order valence-corrected chi connectivity index (χ0v) is 16.2. The Kier molecular flexibility index (Phi) is 6.68. The van der Waals surface area contributed by atoms with Crippen LogP contribution in [0.4, 0.5) is 0 Å². The van der Waals surface area contributed by atoms with Crippen LogP contribution in [-0.2, 0) is 17.8 Å². The average molecular weight is 375 g/mol. The lowest BCUT2D eigenvalue weighted by Gasteiger charge is -2.15. The lowest BCUT2D eigenvalue weighted by atomic mass is 10.1. The van der Waals surface area contributed by atoms with Gasteiger partial charge in [0.1, 0.15) is 6.61 Å². The summed E-state index contributed by atoms with van der Waals surface area (Å²) in [5, 5.41) is 3.03. The van der Waals surface area contributed by atoms with Gasteiger partial charge < -0.3 is 14.8 Å². The van der Waals surface area contributed by atoms with Crippen molar-refractivity contribution in [3.63, 3.8) is 0 Å². The predicted octanol–water partition coefficient (Wildman–Crippen LogP) is 4.69. The number of ether oxygens (including phenoxy) is 2. The Labute approximate surface area is 166 Å². The second kappa shape index (κ2) is 9.60. The number of carbonyl (C=O) groups excluding carboxylic acids is 1. The molecule has 1 N–H and O–H groups in total. The topological polar surface area (TPSA) is 47.6 Å². The highest BCUT2D eigenvalue weighted by Crippen LogP contribution is 2.29. The van der Waals surface area contributed by atoms with Crippen molar-refractivity contribution in [2.24, 2.45) is 0 Å². The second-order valence-corrected chi connectivity index (χ2v) is 6.64. The van der Waals surface area contributed by atoms with E-state index in [0.29, 0.717) is 18.1 Å². The Morgan fingerprint density at radius 2 is 1.57 bits per heavy atom. The number of rotatable bonds is 8. The summed E-state index contributed by atoms with van der Waals surface area (Å²) in [4.78, 5) is 12.4. The molecule has 1 amide bonds. The standard InChI is InChI=1S/C24H25NO3/c1-18(21-11-7-4-8-12-21)25-24(26)16-20-13-14-22(23(15-20)27-2)28-17-19-9-5-3-6-10-19/h3-15,18H,16-17H2,1-2H3,(H,25,26)/t18-/m1/s1. The van der Waals surface area contributed by atoms with Gasteiger partial charge in [0.15, 0.2) is 11.5 Å². The van der Waals surface area contributed by atoms with Crippen molar-refractivity contribution in [1.29, 1.82) is 0 Å². The molecule has 3 aromatic carbocycles. The van der Waals surface area contributed by atoms with Crippen molar-refractivity contribution in [1.82, 2.24) is 5.32 Å². The maximum atomic E-state index is 12.4. The molecule has 4 nitrogen and oxygen atoms in total. The van der Waals surface area contributed by atoms with Crippen molar-refractivity contribution in [2.75, 3.05) is 7.11 Å². The summed E-state index contributed by atoms with van der Waals surface area (Å²) in [7, 11) is 1.60. The molecular weight excluding hydrogens is 350 g/mol. The summed E-state index contributed by atoms with van der Waals surface area (Å²) < 4.78 is 11.3. The molecule has 0 unspecified atom stereocenters. The van der Waals surface area contributed by atoms with E-state index >= 15 is 0 Å². The van der Waals surface area contributed by atoms with Crippen LogP contribution in [0.2, 0.25) is 0 Å². The third-order valence-corrected chi connectivity index (χ3v) is 4.51. The van der Waals surface area contributed by atoms with Crippen molar-refractivity contribution in [3.8, 4) is 11.5 Å². The first-order valence-electron chi connectivity index (χ1n) is 9.33. The lowest BCUT2D eigenvalue weighted by Crippen LogP contribution is -2.28. The van der Waals surface area contributed by atoms with E-state index < -0.39 is 0 Å². The van der Waals surface area contributed by atoms with Gasteiger partial charge in [0.25, 0.3) is 0 Å². The number of nitrogens with one attached hydrogen (secondary N) is 1. The van der Waals surface area contributed by atoms with Crippen molar-refractivity contribution >= 4 is 5.91 Å². The van der Waals surface area contributed by atoms with E-state index in [-0.39, 0.29) is 18.4 Å². The third kappa shape index (κ3) is 5.36. The van der Waals surface area contributed by atoms with Gasteiger partial charge in [0.05, 0.1) is 19.6 Å². The first-order valence-corrected chi connectivity index (χ1v) is 9.33. The van der Waals surface area contributed by atoms with Crippen LogP contribution in [0.25, 0.3) is 0 Å². The lowest BCUT2D eigenvalue weighted by molar-refractivity contribution is -0.121. The largest absolute Gasteiger partial charge is 0.493 e. The van der Waals surface area contributed by atoms with Crippen LogP contribution < -0.4 is 14.8 Å². The van der Waals surface area contributed by atoms with Gasteiger partial charge in [-0.05, 0) is 35.7 Å². The highest BCUT2D eigenvalue weighted by atomic mass is 16.5. The van der Waals surface area contributed by atoms with Gasteiger partial charge in [-0.25, -0.2) is 0 Å². The summed E-state index contributed by atoms with van der Waals surface area (Å²) in [5.41, 5.74) is 3.04. The Morgan fingerprint density at radius 1 is 0.893 bits per heavy atom. The van der Waals surface area contributed by atoms with E-state index in [2.05, 4.69) is 5.32 Å². The predicted molar refractivity (Wildman–Crippen MR) is 110 cm³/mol. The third-order valence-electron chi connectivity index (χ3n) is 4.51. The van der Waals surface area contributed by atoms with Crippen LogP contribution >= 0.6 is 0 Å². The van der Waals surface area contributed by atoms with Gasteiger partial charge in [-0.3, -0.25) is 4.79 Å². The minimum absolute atomic E-state index is 0.0311. The number of benzene rings is 3. The number of hydrogen-bond acceptors (Lipinski definition) is 3. The van der Waals surface area contributed by atoms with Crippen LogP contribution in [0.1, 0.15) is 29.7 Å². The molecule has 1 atom stereocenters. The van der Waals surface area contributed by atoms with Gasteiger partial charge in [-0.2, -0.15) is 0 Å². The van der Waals surface area contributed by atoms with E-state index in [0.717, 1.165) is 16.7 Å².